The summed E-state index contributed by atoms with van der Waals surface area (Å²) in [4.78, 5) is 31.1. The summed E-state index contributed by atoms with van der Waals surface area (Å²) < 4.78 is 24.5. The predicted octanol–water partition coefficient (Wildman–Crippen LogP) is 2.94. The third kappa shape index (κ3) is 3.78. The van der Waals surface area contributed by atoms with Crippen LogP contribution in [-0.2, 0) is 14.3 Å². The standard InChI is InChI=1S/C19H21FN2O5S/c1-11-21-15(16(28-11)12-5-4-6-13(20)9-12)17(23)22-10-19(26-2,27-3)8-7-14(22)18(24)25/h4-6,9,14H,7-8,10H2,1-3H3,(H,24,25). The Morgan fingerprint density at radius 2 is 2.07 bits per heavy atom. The monoisotopic (exact) mass is 408 g/mol. The molecule has 1 atom stereocenters. The molecule has 9 heteroatoms. The van der Waals surface area contributed by atoms with Gasteiger partial charge < -0.3 is 19.5 Å². The molecule has 1 amide bonds. The molecule has 1 aliphatic heterocycles. The Hall–Kier alpha value is -2.36. The van der Waals surface area contributed by atoms with Gasteiger partial charge in [-0.25, -0.2) is 14.2 Å². The maximum Gasteiger partial charge on any atom is 0.326 e. The van der Waals surface area contributed by atoms with Crippen molar-refractivity contribution in [3.05, 3.63) is 40.8 Å². The average molecular weight is 408 g/mol. The lowest BCUT2D eigenvalue weighted by atomic mass is 9.96. The number of likely N-dealkylation sites (tertiary alicyclic amines) is 1. The number of benzene rings is 1. The summed E-state index contributed by atoms with van der Waals surface area (Å²) in [5.41, 5.74) is 0.616. The van der Waals surface area contributed by atoms with E-state index < -0.39 is 29.5 Å². The Morgan fingerprint density at radius 3 is 2.68 bits per heavy atom. The normalized spacial score (nSPS) is 18.9. The van der Waals surface area contributed by atoms with E-state index in [1.165, 1.54) is 42.6 Å². The maximum absolute atomic E-state index is 13.7. The summed E-state index contributed by atoms with van der Waals surface area (Å²) in [6, 6.07) is 4.86. The third-order valence-electron chi connectivity index (χ3n) is 4.90. The van der Waals surface area contributed by atoms with E-state index >= 15 is 0 Å². The zero-order valence-corrected chi connectivity index (χ0v) is 16.6. The second-order valence-electron chi connectivity index (χ2n) is 6.57. The van der Waals surface area contributed by atoms with E-state index in [1.807, 2.05) is 0 Å². The molecule has 1 unspecified atom stereocenters. The fourth-order valence-electron chi connectivity index (χ4n) is 3.38. The molecule has 1 fully saturated rings. The number of methoxy groups -OCH3 is 2. The molecule has 2 aromatic rings. The number of carbonyl (C=O) groups is 2. The number of thiazole rings is 1. The first-order valence-electron chi connectivity index (χ1n) is 8.67. The number of aliphatic carboxylic acids is 1. The quantitative estimate of drug-likeness (QED) is 0.766. The van der Waals surface area contributed by atoms with Gasteiger partial charge in [0.25, 0.3) is 5.91 Å². The van der Waals surface area contributed by atoms with Crippen LogP contribution in [0.4, 0.5) is 4.39 Å². The van der Waals surface area contributed by atoms with Gasteiger partial charge >= 0.3 is 5.97 Å². The lowest BCUT2D eigenvalue weighted by Gasteiger charge is -2.43. The van der Waals surface area contributed by atoms with Gasteiger partial charge in [0.05, 0.1) is 16.4 Å². The van der Waals surface area contributed by atoms with Crippen molar-refractivity contribution >= 4 is 23.2 Å². The molecule has 0 bridgehead atoms. The first-order chi connectivity index (χ1) is 13.3. The zero-order chi connectivity index (χ0) is 20.5. The van der Waals surface area contributed by atoms with E-state index in [0.717, 1.165) is 0 Å². The lowest BCUT2D eigenvalue weighted by Crippen LogP contribution is -2.58. The molecule has 1 aromatic carbocycles. The maximum atomic E-state index is 13.7. The molecule has 1 N–H and O–H groups in total. The minimum Gasteiger partial charge on any atom is -0.480 e. The number of piperidine rings is 1. The Balaban J connectivity index is 2.03. The molecule has 7 nitrogen and oxygen atoms in total. The van der Waals surface area contributed by atoms with Crippen LogP contribution in [0, 0.1) is 12.7 Å². The summed E-state index contributed by atoms with van der Waals surface area (Å²) in [6.45, 7) is 1.69. The number of nitrogens with zero attached hydrogens (tertiary/aromatic N) is 2. The molecule has 2 heterocycles. The molecule has 1 aliphatic rings. The molecule has 3 rings (SSSR count). The summed E-state index contributed by atoms with van der Waals surface area (Å²) >= 11 is 1.25. The molecule has 28 heavy (non-hydrogen) atoms. The summed E-state index contributed by atoms with van der Waals surface area (Å²) in [5.74, 6) is -3.16. The van der Waals surface area contributed by atoms with Crippen molar-refractivity contribution in [2.75, 3.05) is 20.8 Å². The van der Waals surface area contributed by atoms with Crippen LogP contribution >= 0.6 is 11.3 Å². The highest BCUT2D eigenvalue weighted by molar-refractivity contribution is 7.15. The van der Waals surface area contributed by atoms with Crippen LogP contribution in [0.1, 0.15) is 28.3 Å². The highest BCUT2D eigenvalue weighted by Crippen LogP contribution is 2.35. The van der Waals surface area contributed by atoms with Gasteiger partial charge in [-0.05, 0) is 31.0 Å². The van der Waals surface area contributed by atoms with Crippen molar-refractivity contribution in [1.82, 2.24) is 9.88 Å². The Morgan fingerprint density at radius 1 is 1.36 bits per heavy atom. The number of carbonyl (C=O) groups excluding carboxylic acids is 1. The van der Waals surface area contributed by atoms with Crippen molar-refractivity contribution < 1.29 is 28.6 Å². The van der Waals surface area contributed by atoms with E-state index in [-0.39, 0.29) is 18.7 Å². The Bertz CT molecular complexity index is 896. The number of halogens is 1. The first-order valence-corrected chi connectivity index (χ1v) is 9.49. The van der Waals surface area contributed by atoms with Crippen molar-refractivity contribution in [3.8, 4) is 10.4 Å². The molecule has 0 saturated carbocycles. The van der Waals surface area contributed by atoms with Gasteiger partial charge in [0, 0.05) is 20.6 Å². The lowest BCUT2D eigenvalue weighted by molar-refractivity contribution is -0.233. The smallest absolute Gasteiger partial charge is 0.326 e. The summed E-state index contributed by atoms with van der Waals surface area (Å²) in [7, 11) is 2.91. The second-order valence-corrected chi connectivity index (χ2v) is 7.77. The number of hydrogen-bond donors (Lipinski definition) is 1. The van der Waals surface area contributed by atoms with Gasteiger partial charge in [0.1, 0.15) is 17.6 Å². The molecular weight excluding hydrogens is 387 g/mol. The predicted molar refractivity (Wildman–Crippen MR) is 101 cm³/mol. The fourth-order valence-corrected chi connectivity index (χ4v) is 4.29. The van der Waals surface area contributed by atoms with Crippen molar-refractivity contribution in [2.24, 2.45) is 0 Å². The van der Waals surface area contributed by atoms with Crippen LogP contribution < -0.4 is 0 Å². The summed E-state index contributed by atoms with van der Waals surface area (Å²) in [6.07, 6.45) is 0.523. The highest BCUT2D eigenvalue weighted by Gasteiger charge is 2.45. The van der Waals surface area contributed by atoms with Crippen LogP contribution in [0.2, 0.25) is 0 Å². The fraction of sp³-hybridized carbons (Fsp3) is 0.421. The van der Waals surface area contributed by atoms with E-state index in [2.05, 4.69) is 4.98 Å². The third-order valence-corrected chi connectivity index (χ3v) is 5.92. The number of carboxylic acid groups (broad SMARTS) is 1. The number of hydrogen-bond acceptors (Lipinski definition) is 6. The Kier molecular flexibility index (Phi) is 5.78. The van der Waals surface area contributed by atoms with Crippen molar-refractivity contribution in [1.29, 1.82) is 0 Å². The van der Waals surface area contributed by atoms with E-state index in [9.17, 15) is 19.1 Å². The van der Waals surface area contributed by atoms with Crippen LogP contribution in [0.15, 0.2) is 24.3 Å². The molecule has 150 valence electrons. The number of aromatic nitrogens is 1. The van der Waals surface area contributed by atoms with Crippen LogP contribution in [-0.4, -0.2) is 59.5 Å². The molecule has 1 saturated heterocycles. The molecule has 0 spiro atoms. The van der Waals surface area contributed by atoms with Gasteiger partial charge in [-0.15, -0.1) is 11.3 Å². The molecule has 0 aliphatic carbocycles. The summed E-state index contributed by atoms with van der Waals surface area (Å²) in [5, 5.41) is 10.2. The van der Waals surface area contributed by atoms with E-state index in [0.29, 0.717) is 21.9 Å². The number of ether oxygens (including phenoxy) is 2. The van der Waals surface area contributed by atoms with Gasteiger partial charge in [0.2, 0.25) is 0 Å². The van der Waals surface area contributed by atoms with Gasteiger partial charge in [0.15, 0.2) is 5.79 Å². The molecular formula is C19H21FN2O5S. The van der Waals surface area contributed by atoms with Crippen molar-refractivity contribution in [2.45, 2.75) is 31.6 Å². The van der Waals surface area contributed by atoms with E-state index in [1.54, 1.807) is 19.1 Å². The Labute approximate surface area is 165 Å². The molecule has 0 radical (unpaired) electrons. The number of aryl methyl sites for hydroxylation is 1. The minimum atomic E-state index is -1.10. The van der Waals surface area contributed by atoms with Crippen molar-refractivity contribution in [3.63, 3.8) is 0 Å². The second kappa shape index (κ2) is 7.94. The van der Waals surface area contributed by atoms with Gasteiger partial charge in [-0.3, -0.25) is 4.79 Å². The largest absolute Gasteiger partial charge is 0.480 e. The number of amides is 1. The zero-order valence-electron chi connectivity index (χ0n) is 15.8. The minimum absolute atomic E-state index is 0.0467. The van der Waals surface area contributed by atoms with Gasteiger partial charge in [-0.2, -0.15) is 0 Å². The van der Waals surface area contributed by atoms with Crippen LogP contribution in [0.3, 0.4) is 0 Å². The van der Waals surface area contributed by atoms with Crippen LogP contribution in [0.5, 0.6) is 0 Å². The topological polar surface area (TPSA) is 89.0 Å². The first kappa shape index (κ1) is 20.4. The SMILES string of the molecule is COC1(OC)CCC(C(=O)O)N(C(=O)c2nc(C)sc2-c2cccc(F)c2)C1. The number of rotatable bonds is 5. The van der Waals surface area contributed by atoms with E-state index in [4.69, 9.17) is 9.47 Å². The highest BCUT2D eigenvalue weighted by atomic mass is 32.1. The van der Waals surface area contributed by atoms with Crippen LogP contribution in [0.25, 0.3) is 10.4 Å². The molecule has 1 aromatic heterocycles. The van der Waals surface area contributed by atoms with Gasteiger partial charge in [-0.1, -0.05) is 12.1 Å². The number of carboxylic acids is 1. The average Bonchev–Trinajstić information content (AvgIpc) is 3.08.